The van der Waals surface area contributed by atoms with Crippen molar-refractivity contribution in [3.05, 3.63) is 42.5 Å². The molecule has 0 aromatic carbocycles. The first kappa shape index (κ1) is 15.6. The molecule has 0 aliphatic carbocycles. The Labute approximate surface area is 143 Å². The third-order valence-electron chi connectivity index (χ3n) is 5.04. The Morgan fingerprint density at radius 1 is 1.25 bits per heavy atom. The number of morpholine rings is 1. The minimum Gasteiger partial charge on any atom is -0.370 e. The molecule has 2 aliphatic rings. The first-order valence-corrected chi connectivity index (χ1v) is 8.71. The zero-order valence-corrected chi connectivity index (χ0v) is 14.3. The van der Waals surface area contributed by atoms with Crippen LogP contribution in [0.25, 0.3) is 0 Å². The predicted molar refractivity (Wildman–Crippen MR) is 92.9 cm³/mol. The second-order valence-electron chi connectivity index (χ2n) is 7.00. The molecule has 128 valence electrons. The summed E-state index contributed by atoms with van der Waals surface area (Å²) < 4.78 is 8.18. The monoisotopic (exact) mass is 327 g/mol. The van der Waals surface area contributed by atoms with E-state index in [1.54, 1.807) is 0 Å². The number of hydrogen-bond donors (Lipinski definition) is 0. The maximum absolute atomic E-state index is 6.31. The lowest BCUT2D eigenvalue weighted by atomic mass is 9.90. The van der Waals surface area contributed by atoms with E-state index < -0.39 is 0 Å². The molecule has 2 aromatic heterocycles. The molecule has 4 rings (SSSR count). The Morgan fingerprint density at radius 3 is 3.00 bits per heavy atom. The number of ether oxygens (including phenoxy) is 1. The van der Waals surface area contributed by atoms with Crippen molar-refractivity contribution in [2.75, 3.05) is 37.7 Å². The number of aromatic nitrogens is 3. The van der Waals surface area contributed by atoms with E-state index in [2.05, 4.69) is 32.1 Å². The zero-order valence-electron chi connectivity index (χ0n) is 14.3. The number of piperidine rings is 1. The quantitative estimate of drug-likeness (QED) is 0.858. The van der Waals surface area contributed by atoms with E-state index in [0.29, 0.717) is 0 Å². The molecule has 2 aromatic rings. The second-order valence-corrected chi connectivity index (χ2v) is 7.00. The smallest absolute Gasteiger partial charge is 0.0983 e. The highest BCUT2D eigenvalue weighted by molar-refractivity contribution is 5.44. The van der Waals surface area contributed by atoms with Crippen molar-refractivity contribution in [3.63, 3.8) is 0 Å². The molecule has 0 saturated carbocycles. The molecular formula is C18H25N5O. The van der Waals surface area contributed by atoms with Gasteiger partial charge in [0.1, 0.15) is 0 Å². The molecule has 0 bridgehead atoms. The first-order valence-electron chi connectivity index (χ1n) is 8.71. The van der Waals surface area contributed by atoms with Gasteiger partial charge in [0.2, 0.25) is 0 Å². The molecule has 4 heterocycles. The summed E-state index contributed by atoms with van der Waals surface area (Å²) >= 11 is 0. The fraction of sp³-hybridized carbons (Fsp3) is 0.556. The van der Waals surface area contributed by atoms with Crippen LogP contribution in [-0.2, 0) is 18.3 Å². The van der Waals surface area contributed by atoms with Crippen LogP contribution in [0, 0.1) is 0 Å². The standard InChI is InChI=1S/C18H25N5O/c1-21-12-16(10-20-21)13-22-8-9-24-18(14-22)5-3-7-23(15-18)17-4-2-6-19-11-17/h2,4,6,10-12H,3,5,7-9,13-15H2,1H3. The van der Waals surface area contributed by atoms with Gasteiger partial charge in [-0.1, -0.05) is 0 Å². The molecule has 6 heteroatoms. The highest BCUT2D eigenvalue weighted by Crippen LogP contribution is 2.31. The van der Waals surface area contributed by atoms with Gasteiger partial charge in [0, 0.05) is 57.7 Å². The molecule has 1 atom stereocenters. The largest absolute Gasteiger partial charge is 0.370 e. The first-order chi connectivity index (χ1) is 11.7. The van der Waals surface area contributed by atoms with Gasteiger partial charge in [-0.3, -0.25) is 14.6 Å². The van der Waals surface area contributed by atoms with Gasteiger partial charge in [0.15, 0.2) is 0 Å². The van der Waals surface area contributed by atoms with E-state index in [1.807, 2.05) is 36.4 Å². The molecule has 0 radical (unpaired) electrons. The molecule has 2 fully saturated rings. The van der Waals surface area contributed by atoms with Crippen molar-refractivity contribution in [1.29, 1.82) is 0 Å². The van der Waals surface area contributed by atoms with Gasteiger partial charge in [-0.25, -0.2) is 0 Å². The topological polar surface area (TPSA) is 46.4 Å². The molecule has 24 heavy (non-hydrogen) atoms. The molecule has 2 aliphatic heterocycles. The number of nitrogens with zero attached hydrogens (tertiary/aromatic N) is 5. The predicted octanol–water partition coefficient (Wildman–Crippen LogP) is 1.69. The lowest BCUT2D eigenvalue weighted by Crippen LogP contribution is -2.59. The molecule has 6 nitrogen and oxygen atoms in total. The minimum atomic E-state index is -0.0610. The molecule has 1 spiro atoms. The Hall–Kier alpha value is -1.92. The van der Waals surface area contributed by atoms with Gasteiger partial charge in [0.05, 0.1) is 30.3 Å². The fourth-order valence-electron chi connectivity index (χ4n) is 3.98. The summed E-state index contributed by atoms with van der Waals surface area (Å²) in [5.74, 6) is 0. The summed E-state index contributed by atoms with van der Waals surface area (Å²) in [4.78, 5) is 9.19. The summed E-state index contributed by atoms with van der Waals surface area (Å²) in [5.41, 5.74) is 2.41. The van der Waals surface area contributed by atoms with E-state index in [9.17, 15) is 0 Å². The van der Waals surface area contributed by atoms with Gasteiger partial charge in [-0.05, 0) is 25.0 Å². The third-order valence-corrected chi connectivity index (χ3v) is 5.04. The van der Waals surface area contributed by atoms with Crippen molar-refractivity contribution < 1.29 is 4.74 Å². The van der Waals surface area contributed by atoms with Gasteiger partial charge >= 0.3 is 0 Å². The summed E-state index contributed by atoms with van der Waals surface area (Å²) in [6.07, 6.45) is 10.1. The summed E-state index contributed by atoms with van der Waals surface area (Å²) in [6, 6.07) is 4.15. The van der Waals surface area contributed by atoms with E-state index >= 15 is 0 Å². The summed E-state index contributed by atoms with van der Waals surface area (Å²) in [7, 11) is 1.97. The van der Waals surface area contributed by atoms with E-state index in [0.717, 1.165) is 52.2 Å². The highest BCUT2D eigenvalue weighted by Gasteiger charge is 2.40. The van der Waals surface area contributed by atoms with Crippen molar-refractivity contribution in [3.8, 4) is 0 Å². The lowest BCUT2D eigenvalue weighted by Gasteiger charge is -2.48. The Balaban J connectivity index is 1.45. The normalized spacial score (nSPS) is 25.3. The highest BCUT2D eigenvalue weighted by atomic mass is 16.5. The molecule has 0 N–H and O–H groups in total. The Morgan fingerprint density at radius 2 is 2.21 bits per heavy atom. The van der Waals surface area contributed by atoms with Crippen LogP contribution in [0.5, 0.6) is 0 Å². The lowest BCUT2D eigenvalue weighted by molar-refractivity contribution is -0.116. The summed E-state index contributed by atoms with van der Waals surface area (Å²) in [6.45, 7) is 5.76. The van der Waals surface area contributed by atoms with E-state index in [4.69, 9.17) is 4.74 Å². The Kier molecular flexibility index (Phi) is 4.24. The van der Waals surface area contributed by atoms with Crippen LogP contribution in [0.1, 0.15) is 18.4 Å². The van der Waals surface area contributed by atoms with Gasteiger partial charge in [-0.2, -0.15) is 5.10 Å². The number of aryl methyl sites for hydroxylation is 1. The van der Waals surface area contributed by atoms with Crippen molar-refractivity contribution in [1.82, 2.24) is 19.7 Å². The Bertz CT molecular complexity index is 669. The van der Waals surface area contributed by atoms with Crippen LogP contribution in [0.3, 0.4) is 0 Å². The van der Waals surface area contributed by atoms with Crippen LogP contribution in [0.4, 0.5) is 5.69 Å². The average molecular weight is 327 g/mol. The molecule has 0 amide bonds. The number of pyridine rings is 1. The van der Waals surface area contributed by atoms with Crippen LogP contribution >= 0.6 is 0 Å². The van der Waals surface area contributed by atoms with Gasteiger partial charge in [0.25, 0.3) is 0 Å². The van der Waals surface area contributed by atoms with Gasteiger partial charge in [-0.15, -0.1) is 0 Å². The van der Waals surface area contributed by atoms with Crippen LogP contribution in [-0.4, -0.2) is 58.1 Å². The molecule has 1 unspecified atom stereocenters. The molecular weight excluding hydrogens is 302 g/mol. The number of anilines is 1. The van der Waals surface area contributed by atoms with Gasteiger partial charge < -0.3 is 9.64 Å². The van der Waals surface area contributed by atoms with Crippen molar-refractivity contribution in [2.24, 2.45) is 7.05 Å². The fourth-order valence-corrected chi connectivity index (χ4v) is 3.98. The minimum absolute atomic E-state index is 0.0610. The van der Waals surface area contributed by atoms with Crippen LogP contribution < -0.4 is 4.90 Å². The van der Waals surface area contributed by atoms with Crippen LogP contribution in [0.2, 0.25) is 0 Å². The maximum Gasteiger partial charge on any atom is 0.0983 e. The molecule has 2 saturated heterocycles. The summed E-state index contributed by atoms with van der Waals surface area (Å²) in [5, 5.41) is 4.28. The number of hydrogen-bond acceptors (Lipinski definition) is 5. The SMILES string of the molecule is Cn1cc(CN2CCOC3(CCCN(c4cccnc4)C3)C2)cn1. The number of rotatable bonds is 3. The van der Waals surface area contributed by atoms with E-state index in [-0.39, 0.29) is 5.60 Å². The zero-order chi connectivity index (χ0) is 16.4. The second kappa shape index (κ2) is 6.53. The van der Waals surface area contributed by atoms with Crippen molar-refractivity contribution in [2.45, 2.75) is 25.0 Å². The van der Waals surface area contributed by atoms with Crippen LogP contribution in [0.15, 0.2) is 36.9 Å². The third kappa shape index (κ3) is 3.30. The maximum atomic E-state index is 6.31. The van der Waals surface area contributed by atoms with Crippen molar-refractivity contribution >= 4 is 5.69 Å². The van der Waals surface area contributed by atoms with E-state index in [1.165, 1.54) is 11.3 Å². The average Bonchev–Trinajstić information content (AvgIpc) is 3.01.